The van der Waals surface area contributed by atoms with Crippen LogP contribution < -0.4 is 20.6 Å². The highest BCUT2D eigenvalue weighted by Gasteiger charge is 2.41. The molecule has 0 radical (unpaired) electrons. The molecule has 3 N–H and O–H groups in total. The van der Waals surface area contributed by atoms with Gasteiger partial charge in [-0.2, -0.15) is 5.26 Å². The second kappa shape index (κ2) is 9.32. The summed E-state index contributed by atoms with van der Waals surface area (Å²) in [5.74, 6) is -0.0639. The van der Waals surface area contributed by atoms with Gasteiger partial charge in [0.1, 0.15) is 17.3 Å². The summed E-state index contributed by atoms with van der Waals surface area (Å²) in [6, 6.07) is 14.5. The summed E-state index contributed by atoms with van der Waals surface area (Å²) in [5.41, 5.74) is 12.5. The number of rotatable bonds is 5. The molecule has 1 aliphatic heterocycles. The Labute approximate surface area is 198 Å². The van der Waals surface area contributed by atoms with Crippen LogP contribution >= 0.6 is 0 Å². The fourth-order valence-electron chi connectivity index (χ4n) is 4.46. The molecule has 0 fully saturated rings. The Hall–Kier alpha value is -4.25. The van der Waals surface area contributed by atoms with Crippen molar-refractivity contribution in [3.05, 3.63) is 81.8 Å². The number of amides is 1. The number of nitrogens with zero attached hydrogens (tertiary/aromatic N) is 2. The Balaban J connectivity index is 1.85. The minimum Gasteiger partial charge on any atom is -0.497 e. The van der Waals surface area contributed by atoms with Crippen LogP contribution in [0.5, 0.6) is 11.5 Å². The number of Topliss-reactive ketones (excluding diaryl/α,β-unsaturated/α-hetero) is 1. The van der Waals surface area contributed by atoms with Crippen LogP contribution in [0.15, 0.2) is 65.1 Å². The summed E-state index contributed by atoms with van der Waals surface area (Å²) in [6.07, 6.45) is 1.49. The molecule has 1 heterocycles. The molecule has 174 valence electrons. The lowest BCUT2D eigenvalue weighted by Gasteiger charge is -2.39. The molecule has 8 heteroatoms. The molecule has 0 bridgehead atoms. The van der Waals surface area contributed by atoms with Crippen LogP contribution in [-0.4, -0.2) is 30.9 Å². The van der Waals surface area contributed by atoms with Gasteiger partial charge < -0.3 is 15.2 Å². The van der Waals surface area contributed by atoms with Gasteiger partial charge in [0.05, 0.1) is 31.8 Å². The third kappa shape index (κ3) is 3.97. The van der Waals surface area contributed by atoms with E-state index in [1.807, 2.05) is 19.1 Å². The van der Waals surface area contributed by atoms with Gasteiger partial charge in [0, 0.05) is 28.8 Å². The largest absolute Gasteiger partial charge is 0.497 e. The number of nitrogens with two attached hydrogens (primary N) is 1. The maximum Gasteiger partial charge on any atom is 0.270 e. The summed E-state index contributed by atoms with van der Waals surface area (Å²) in [7, 11) is 3.07. The summed E-state index contributed by atoms with van der Waals surface area (Å²) in [4.78, 5) is 26.2. The van der Waals surface area contributed by atoms with Crippen molar-refractivity contribution in [3.63, 3.8) is 0 Å². The predicted molar refractivity (Wildman–Crippen MR) is 125 cm³/mol. The second-order valence-corrected chi connectivity index (χ2v) is 8.23. The number of carbonyl (C=O) groups is 2. The molecule has 1 atom stereocenters. The number of hydrogen-bond acceptors (Lipinski definition) is 7. The lowest BCUT2D eigenvalue weighted by atomic mass is 9.75. The fourth-order valence-corrected chi connectivity index (χ4v) is 4.46. The molecule has 4 rings (SSSR count). The van der Waals surface area contributed by atoms with E-state index in [2.05, 4.69) is 11.5 Å². The van der Waals surface area contributed by atoms with Crippen LogP contribution in [0.1, 0.15) is 46.7 Å². The number of allylic oxidation sites excluding steroid dienone is 3. The topological polar surface area (TPSA) is 118 Å². The summed E-state index contributed by atoms with van der Waals surface area (Å²) in [6.45, 7) is 1.93. The van der Waals surface area contributed by atoms with Crippen molar-refractivity contribution in [2.75, 3.05) is 14.2 Å². The minimum atomic E-state index is -0.731. The number of carbonyl (C=O) groups excluding carboxylic acids is 2. The molecule has 0 aromatic heterocycles. The number of nitrogens with one attached hydrogen (secondary N) is 1. The first-order valence-corrected chi connectivity index (χ1v) is 10.9. The van der Waals surface area contributed by atoms with E-state index in [4.69, 9.17) is 15.2 Å². The molecule has 1 aliphatic carbocycles. The number of ether oxygens (including phenoxy) is 2. The van der Waals surface area contributed by atoms with E-state index in [0.717, 1.165) is 5.56 Å². The molecular weight excluding hydrogens is 432 g/mol. The van der Waals surface area contributed by atoms with Crippen LogP contribution in [0.2, 0.25) is 0 Å². The molecule has 0 saturated carbocycles. The number of hydrazine groups is 1. The molecular formula is C26H26N4O4. The monoisotopic (exact) mass is 458 g/mol. The Morgan fingerprint density at radius 3 is 2.53 bits per heavy atom. The van der Waals surface area contributed by atoms with Gasteiger partial charge in [-0.25, -0.2) is 5.01 Å². The molecule has 34 heavy (non-hydrogen) atoms. The molecule has 2 aliphatic rings. The van der Waals surface area contributed by atoms with E-state index in [1.165, 1.54) is 12.1 Å². The van der Waals surface area contributed by atoms with Crippen molar-refractivity contribution in [1.29, 1.82) is 5.26 Å². The number of ketones is 1. The van der Waals surface area contributed by atoms with Crippen molar-refractivity contribution in [3.8, 4) is 17.6 Å². The quantitative estimate of drug-likeness (QED) is 0.704. The number of hydrogen-bond donors (Lipinski definition) is 2. The third-order valence-electron chi connectivity index (χ3n) is 6.19. The van der Waals surface area contributed by atoms with Gasteiger partial charge >= 0.3 is 0 Å². The predicted octanol–water partition coefficient (Wildman–Crippen LogP) is 3.46. The van der Waals surface area contributed by atoms with E-state index in [1.54, 1.807) is 37.4 Å². The fraction of sp³-hybridized carbons (Fsp3) is 0.269. The minimum absolute atomic E-state index is 0.0753. The van der Waals surface area contributed by atoms with Crippen molar-refractivity contribution in [1.82, 2.24) is 10.4 Å². The summed E-state index contributed by atoms with van der Waals surface area (Å²) >= 11 is 0. The lowest BCUT2D eigenvalue weighted by molar-refractivity contribution is -0.116. The average molecular weight is 459 g/mol. The van der Waals surface area contributed by atoms with Gasteiger partial charge in [-0.3, -0.25) is 15.0 Å². The number of aryl methyl sites for hydroxylation is 1. The zero-order valence-electron chi connectivity index (χ0n) is 19.3. The van der Waals surface area contributed by atoms with Crippen LogP contribution in [0.3, 0.4) is 0 Å². The molecule has 2 aromatic carbocycles. The van der Waals surface area contributed by atoms with E-state index in [9.17, 15) is 14.9 Å². The Morgan fingerprint density at radius 2 is 1.88 bits per heavy atom. The number of methoxy groups -OCH3 is 2. The molecule has 0 saturated heterocycles. The second-order valence-electron chi connectivity index (χ2n) is 8.23. The maximum absolute atomic E-state index is 13.2. The maximum atomic E-state index is 13.2. The van der Waals surface area contributed by atoms with Crippen LogP contribution in [-0.2, 0) is 4.79 Å². The van der Waals surface area contributed by atoms with Crippen LogP contribution in [0.25, 0.3) is 0 Å². The highest BCUT2D eigenvalue weighted by molar-refractivity contribution is 6.00. The first-order chi connectivity index (χ1) is 16.4. The first kappa shape index (κ1) is 22.9. The zero-order valence-corrected chi connectivity index (χ0v) is 19.3. The van der Waals surface area contributed by atoms with Crippen LogP contribution in [0.4, 0.5) is 0 Å². The van der Waals surface area contributed by atoms with Crippen LogP contribution in [0, 0.1) is 18.3 Å². The zero-order chi connectivity index (χ0) is 24.4. The van der Waals surface area contributed by atoms with Gasteiger partial charge in [0.15, 0.2) is 5.78 Å². The Kier molecular flexibility index (Phi) is 6.28. The standard InChI is InChI=1S/C26H26N4O4/c1-15-7-9-16(10-8-15)26(32)29-30-20-5-4-6-21(31)24(20)23(19(14-27)25(30)28)18-13-17(33-2)11-12-22(18)34-3/h7-13,23H,4-6,28H2,1-3H3,(H,29,32). The smallest absolute Gasteiger partial charge is 0.270 e. The SMILES string of the molecule is COc1ccc(OC)c(C2C(C#N)=C(N)N(NC(=O)c3ccc(C)cc3)C3=C2C(=O)CCC3)c1. The molecule has 1 amide bonds. The number of benzene rings is 2. The lowest BCUT2D eigenvalue weighted by Crippen LogP contribution is -2.48. The van der Waals surface area contributed by atoms with Gasteiger partial charge in [-0.1, -0.05) is 17.7 Å². The van der Waals surface area contributed by atoms with Gasteiger partial charge in [-0.15, -0.1) is 0 Å². The van der Waals surface area contributed by atoms with E-state index in [0.29, 0.717) is 53.2 Å². The van der Waals surface area contributed by atoms with E-state index in [-0.39, 0.29) is 23.1 Å². The molecule has 8 nitrogen and oxygen atoms in total. The van der Waals surface area contributed by atoms with Crippen molar-refractivity contribution < 1.29 is 19.1 Å². The summed E-state index contributed by atoms with van der Waals surface area (Å²) in [5, 5.41) is 11.5. The highest BCUT2D eigenvalue weighted by atomic mass is 16.5. The number of nitriles is 1. The average Bonchev–Trinajstić information content (AvgIpc) is 2.85. The van der Waals surface area contributed by atoms with Crippen molar-refractivity contribution in [2.45, 2.75) is 32.1 Å². The van der Waals surface area contributed by atoms with E-state index < -0.39 is 5.92 Å². The van der Waals surface area contributed by atoms with E-state index >= 15 is 0 Å². The molecule has 0 spiro atoms. The van der Waals surface area contributed by atoms with Gasteiger partial charge in [0.25, 0.3) is 5.91 Å². The highest BCUT2D eigenvalue weighted by Crippen LogP contribution is 2.47. The van der Waals surface area contributed by atoms with Crippen molar-refractivity contribution >= 4 is 11.7 Å². The Bertz CT molecular complexity index is 1250. The first-order valence-electron chi connectivity index (χ1n) is 10.9. The van der Waals surface area contributed by atoms with Gasteiger partial charge in [0.2, 0.25) is 0 Å². The van der Waals surface area contributed by atoms with Crippen molar-refractivity contribution in [2.24, 2.45) is 5.73 Å². The summed E-state index contributed by atoms with van der Waals surface area (Å²) < 4.78 is 10.9. The van der Waals surface area contributed by atoms with Gasteiger partial charge in [-0.05, 0) is 50.1 Å². The molecule has 1 unspecified atom stereocenters. The normalized spacial score (nSPS) is 17.8. The Morgan fingerprint density at radius 1 is 1.15 bits per heavy atom. The third-order valence-corrected chi connectivity index (χ3v) is 6.19. The molecule has 2 aromatic rings.